The predicted molar refractivity (Wildman–Crippen MR) is 87.4 cm³/mol. The number of hydrogen-bond donors (Lipinski definition) is 1. The average Bonchev–Trinajstić information content (AvgIpc) is 2.53. The van der Waals surface area contributed by atoms with Gasteiger partial charge in [0.05, 0.1) is 11.3 Å². The van der Waals surface area contributed by atoms with Crippen LogP contribution in [0.3, 0.4) is 0 Å². The van der Waals surface area contributed by atoms with Crippen molar-refractivity contribution in [2.45, 2.75) is 24.7 Å². The lowest BCUT2D eigenvalue weighted by atomic mass is 10.0. The summed E-state index contributed by atoms with van der Waals surface area (Å²) in [6, 6.07) is 8.81. The Morgan fingerprint density at radius 2 is 2.00 bits per heavy atom. The summed E-state index contributed by atoms with van der Waals surface area (Å²) in [5.74, 6) is -2.73. The number of carboxylic acids is 1. The quantitative estimate of drug-likeness (QED) is 0.924. The van der Waals surface area contributed by atoms with Crippen molar-refractivity contribution in [3.63, 3.8) is 0 Å². The molecule has 0 unspecified atom stereocenters. The highest BCUT2D eigenvalue weighted by Crippen LogP contribution is 2.33. The molecule has 0 amide bonds. The van der Waals surface area contributed by atoms with E-state index in [1.165, 1.54) is 6.07 Å². The molecule has 2 aromatic carbocycles. The summed E-state index contributed by atoms with van der Waals surface area (Å²) < 4.78 is 41.4. The van der Waals surface area contributed by atoms with Crippen LogP contribution in [-0.2, 0) is 16.4 Å². The van der Waals surface area contributed by atoms with Crippen molar-refractivity contribution >= 4 is 21.7 Å². The van der Waals surface area contributed by atoms with Gasteiger partial charge < -0.3 is 5.11 Å². The number of sulfonamides is 1. The van der Waals surface area contributed by atoms with E-state index < -0.39 is 32.3 Å². The maximum Gasteiger partial charge on any atom is 0.338 e. The molecule has 0 saturated heterocycles. The second kappa shape index (κ2) is 5.90. The number of nitrogens with zero attached hydrogens (tertiary/aromatic N) is 1. The molecule has 1 N–H and O–H groups in total. The molecule has 0 aromatic heterocycles. The first kappa shape index (κ1) is 16.4. The monoisotopic (exact) mass is 349 g/mol. The minimum atomic E-state index is -4.18. The largest absolute Gasteiger partial charge is 0.478 e. The zero-order valence-electron chi connectivity index (χ0n) is 13.0. The predicted octanol–water partition coefficient (Wildman–Crippen LogP) is 2.97. The summed E-state index contributed by atoms with van der Waals surface area (Å²) in [5, 5.41) is 9.01. The second-order valence-electron chi connectivity index (χ2n) is 5.74. The third-order valence-electron chi connectivity index (χ3n) is 4.07. The van der Waals surface area contributed by atoms with Crippen LogP contribution in [0.2, 0.25) is 0 Å². The molecule has 1 aliphatic rings. The van der Waals surface area contributed by atoms with Crippen molar-refractivity contribution < 1.29 is 22.7 Å². The lowest BCUT2D eigenvalue weighted by molar-refractivity contribution is 0.0691. The van der Waals surface area contributed by atoms with Gasteiger partial charge in [0.1, 0.15) is 4.90 Å². The number of hydrogen-bond acceptors (Lipinski definition) is 3. The van der Waals surface area contributed by atoms with Gasteiger partial charge >= 0.3 is 5.97 Å². The molecular weight excluding hydrogens is 333 g/mol. The standard InChI is InChI=1S/C17H16FNO4S/c1-11-7-8-14-12(10-11)4-3-9-19(14)24(22,23)15-6-2-5-13(16(15)18)17(20)21/h2,5-8,10H,3-4,9H2,1H3,(H,20,21). The molecule has 0 fully saturated rings. The Morgan fingerprint density at radius 1 is 1.25 bits per heavy atom. The van der Waals surface area contributed by atoms with Gasteiger partial charge in [0.2, 0.25) is 0 Å². The lowest BCUT2D eigenvalue weighted by Gasteiger charge is -2.31. The highest BCUT2D eigenvalue weighted by atomic mass is 32.2. The van der Waals surface area contributed by atoms with Crippen LogP contribution in [0, 0.1) is 12.7 Å². The molecule has 126 valence electrons. The van der Waals surface area contributed by atoms with Crippen LogP contribution in [0.5, 0.6) is 0 Å². The van der Waals surface area contributed by atoms with Crippen LogP contribution < -0.4 is 4.31 Å². The molecule has 0 bridgehead atoms. The fourth-order valence-electron chi connectivity index (χ4n) is 2.93. The van der Waals surface area contributed by atoms with Crippen LogP contribution >= 0.6 is 0 Å². The molecule has 0 atom stereocenters. The van der Waals surface area contributed by atoms with Gasteiger partial charge in [-0.1, -0.05) is 23.8 Å². The average molecular weight is 349 g/mol. The second-order valence-corrected chi connectivity index (χ2v) is 7.57. The van der Waals surface area contributed by atoms with Gasteiger partial charge in [-0.15, -0.1) is 0 Å². The van der Waals surface area contributed by atoms with Gasteiger partial charge in [-0.3, -0.25) is 4.31 Å². The maximum atomic E-state index is 14.4. The van der Waals surface area contributed by atoms with Crippen LogP contribution in [0.1, 0.15) is 27.9 Å². The Kier molecular flexibility index (Phi) is 4.04. The molecule has 1 aliphatic heterocycles. The van der Waals surface area contributed by atoms with Gasteiger partial charge in [0, 0.05) is 6.54 Å². The Labute approximate surface area is 139 Å². The molecule has 24 heavy (non-hydrogen) atoms. The zero-order valence-corrected chi connectivity index (χ0v) is 13.8. The fraction of sp³-hybridized carbons (Fsp3) is 0.235. The summed E-state index contributed by atoms with van der Waals surface area (Å²) in [4.78, 5) is 10.4. The smallest absolute Gasteiger partial charge is 0.338 e. The molecule has 3 rings (SSSR count). The summed E-state index contributed by atoms with van der Waals surface area (Å²) in [5.41, 5.74) is 1.77. The van der Waals surface area contributed by atoms with Gasteiger partial charge in [0.15, 0.2) is 5.82 Å². The lowest BCUT2D eigenvalue weighted by Crippen LogP contribution is -2.36. The van der Waals surface area contributed by atoms with E-state index in [9.17, 15) is 17.6 Å². The minimum absolute atomic E-state index is 0.231. The fourth-order valence-corrected chi connectivity index (χ4v) is 4.57. The van der Waals surface area contributed by atoms with Crippen molar-refractivity contribution in [1.82, 2.24) is 0 Å². The van der Waals surface area contributed by atoms with E-state index in [1.54, 1.807) is 12.1 Å². The highest BCUT2D eigenvalue weighted by Gasteiger charge is 2.32. The highest BCUT2D eigenvalue weighted by molar-refractivity contribution is 7.92. The Hall–Kier alpha value is -2.41. The summed E-state index contributed by atoms with van der Waals surface area (Å²) in [7, 11) is -4.18. The Bertz CT molecular complexity index is 924. The number of carbonyl (C=O) groups is 1. The van der Waals surface area contributed by atoms with Crippen molar-refractivity contribution in [2.24, 2.45) is 0 Å². The zero-order chi connectivity index (χ0) is 17.5. The molecule has 7 heteroatoms. The summed E-state index contributed by atoms with van der Waals surface area (Å²) in [6.07, 6.45) is 1.37. The summed E-state index contributed by atoms with van der Waals surface area (Å²) >= 11 is 0. The van der Waals surface area contributed by atoms with Crippen molar-refractivity contribution in [3.8, 4) is 0 Å². The van der Waals surface area contributed by atoms with Gasteiger partial charge in [-0.05, 0) is 43.5 Å². The van der Waals surface area contributed by atoms with Crippen molar-refractivity contribution in [3.05, 3.63) is 58.9 Å². The van der Waals surface area contributed by atoms with Crippen LogP contribution in [0.25, 0.3) is 0 Å². The summed E-state index contributed by atoms with van der Waals surface area (Å²) in [6.45, 7) is 2.15. The molecule has 0 radical (unpaired) electrons. The van der Waals surface area contributed by atoms with E-state index in [-0.39, 0.29) is 6.54 Å². The van der Waals surface area contributed by atoms with E-state index in [4.69, 9.17) is 5.11 Å². The van der Waals surface area contributed by atoms with Crippen molar-refractivity contribution in [1.29, 1.82) is 0 Å². The maximum absolute atomic E-state index is 14.4. The number of anilines is 1. The van der Waals surface area contributed by atoms with Gasteiger partial charge in [-0.25, -0.2) is 17.6 Å². The molecule has 2 aromatic rings. The van der Waals surface area contributed by atoms with Gasteiger partial charge in [0.25, 0.3) is 10.0 Å². The topological polar surface area (TPSA) is 74.7 Å². The number of benzene rings is 2. The van der Waals surface area contributed by atoms with Crippen LogP contribution in [0.15, 0.2) is 41.3 Å². The van der Waals surface area contributed by atoms with Crippen molar-refractivity contribution in [2.75, 3.05) is 10.8 Å². The first-order chi connectivity index (χ1) is 11.3. The molecule has 5 nitrogen and oxygen atoms in total. The number of fused-ring (bicyclic) bond motifs is 1. The Balaban J connectivity index is 2.14. The van der Waals surface area contributed by atoms with E-state index in [0.717, 1.165) is 34.0 Å². The minimum Gasteiger partial charge on any atom is -0.478 e. The number of rotatable bonds is 3. The normalized spacial score (nSPS) is 14.3. The van der Waals surface area contributed by atoms with Crippen LogP contribution in [0.4, 0.5) is 10.1 Å². The molecule has 1 heterocycles. The number of carboxylic acid groups (broad SMARTS) is 1. The molecule has 0 aliphatic carbocycles. The van der Waals surface area contributed by atoms with E-state index in [2.05, 4.69) is 0 Å². The first-order valence-corrected chi connectivity index (χ1v) is 8.90. The molecular formula is C17H16FNO4S. The SMILES string of the molecule is Cc1ccc2c(c1)CCCN2S(=O)(=O)c1cccc(C(=O)O)c1F. The van der Waals surface area contributed by atoms with E-state index in [1.807, 2.05) is 13.0 Å². The van der Waals surface area contributed by atoms with E-state index in [0.29, 0.717) is 12.1 Å². The first-order valence-electron chi connectivity index (χ1n) is 7.46. The molecule has 0 spiro atoms. The number of halogens is 1. The third-order valence-corrected chi connectivity index (χ3v) is 5.90. The third kappa shape index (κ3) is 2.65. The van der Waals surface area contributed by atoms with Crippen LogP contribution in [-0.4, -0.2) is 26.0 Å². The van der Waals surface area contributed by atoms with E-state index >= 15 is 0 Å². The number of aryl methyl sites for hydroxylation is 2. The van der Waals surface area contributed by atoms with Gasteiger partial charge in [-0.2, -0.15) is 0 Å². The Morgan fingerprint density at radius 3 is 2.71 bits per heavy atom. The number of aromatic carboxylic acids is 1. The molecule has 0 saturated carbocycles.